The van der Waals surface area contributed by atoms with Gasteiger partial charge in [-0.25, -0.2) is 0 Å². The number of hydrogen-bond donors (Lipinski definition) is 0. The Labute approximate surface area is 114 Å². The summed E-state index contributed by atoms with van der Waals surface area (Å²) in [4.78, 5) is 0. The molecular weight excluding hydrogens is 228 g/mol. The molecule has 19 heavy (non-hydrogen) atoms. The molecule has 0 aliphatic heterocycles. The molecule has 0 radical (unpaired) electrons. The molecule has 94 valence electrons. The van der Waals surface area contributed by atoms with Crippen LogP contribution in [0.5, 0.6) is 0 Å². The van der Waals surface area contributed by atoms with E-state index in [0.29, 0.717) is 5.92 Å². The highest BCUT2D eigenvalue weighted by molar-refractivity contribution is 5.88. The molecule has 4 rings (SSSR count). The van der Waals surface area contributed by atoms with E-state index in [4.69, 9.17) is 0 Å². The Hall–Kier alpha value is -1.82. The minimum Gasteiger partial charge on any atom is -0.0832 e. The van der Waals surface area contributed by atoms with E-state index < -0.39 is 0 Å². The summed E-state index contributed by atoms with van der Waals surface area (Å²) < 4.78 is 0. The Balaban J connectivity index is 2.12. The minimum atomic E-state index is 0.110. The van der Waals surface area contributed by atoms with Gasteiger partial charge >= 0.3 is 0 Å². The zero-order chi connectivity index (χ0) is 13.0. The van der Waals surface area contributed by atoms with E-state index in [0.717, 1.165) is 6.42 Å². The van der Waals surface area contributed by atoms with Crippen LogP contribution >= 0.6 is 0 Å². The predicted octanol–water partition coefficient (Wildman–Crippen LogP) is 4.89. The Bertz CT molecular complexity index is 678. The molecule has 3 aliphatic rings. The number of benzene rings is 1. The second-order valence-corrected chi connectivity index (χ2v) is 6.28. The first-order valence-electron chi connectivity index (χ1n) is 7.08. The van der Waals surface area contributed by atoms with Gasteiger partial charge in [-0.05, 0) is 34.3 Å². The molecule has 0 saturated heterocycles. The van der Waals surface area contributed by atoms with Gasteiger partial charge in [0, 0.05) is 11.3 Å². The summed E-state index contributed by atoms with van der Waals surface area (Å²) in [6.07, 6.45) is 15.1. The van der Waals surface area contributed by atoms with Crippen molar-refractivity contribution in [2.75, 3.05) is 0 Å². The molecule has 0 saturated carbocycles. The maximum absolute atomic E-state index is 2.37. The van der Waals surface area contributed by atoms with Gasteiger partial charge in [0.1, 0.15) is 0 Å². The average molecular weight is 246 g/mol. The first kappa shape index (κ1) is 11.0. The minimum absolute atomic E-state index is 0.110. The van der Waals surface area contributed by atoms with E-state index in [-0.39, 0.29) is 5.41 Å². The molecule has 0 bridgehead atoms. The maximum Gasteiger partial charge on any atom is 0.0211 e. The molecular formula is C19H18. The van der Waals surface area contributed by atoms with E-state index in [2.05, 4.69) is 68.5 Å². The third-order valence-corrected chi connectivity index (χ3v) is 4.60. The van der Waals surface area contributed by atoms with Crippen LogP contribution in [-0.2, 0) is 5.41 Å². The average Bonchev–Trinajstić information content (AvgIpc) is 2.54. The summed E-state index contributed by atoms with van der Waals surface area (Å²) in [5.74, 6) is 0.468. The molecule has 1 atom stereocenters. The van der Waals surface area contributed by atoms with Crippen molar-refractivity contribution in [1.29, 1.82) is 0 Å². The normalized spacial score (nSPS) is 25.3. The molecule has 0 heteroatoms. The van der Waals surface area contributed by atoms with Crippen LogP contribution < -0.4 is 0 Å². The molecule has 0 N–H and O–H groups in total. The van der Waals surface area contributed by atoms with Gasteiger partial charge in [-0.15, -0.1) is 0 Å². The van der Waals surface area contributed by atoms with Gasteiger partial charge in [0.2, 0.25) is 0 Å². The van der Waals surface area contributed by atoms with Crippen LogP contribution in [0.15, 0.2) is 54.2 Å². The summed E-state index contributed by atoms with van der Waals surface area (Å²) in [5, 5.41) is 0. The number of hydrogen-bond acceptors (Lipinski definition) is 0. The van der Waals surface area contributed by atoms with Crippen molar-refractivity contribution in [1.82, 2.24) is 0 Å². The summed E-state index contributed by atoms with van der Waals surface area (Å²) in [6, 6.07) is 6.74. The fourth-order valence-corrected chi connectivity index (χ4v) is 3.56. The van der Waals surface area contributed by atoms with Crippen molar-refractivity contribution in [2.45, 2.75) is 25.7 Å². The quantitative estimate of drug-likeness (QED) is 0.572. The van der Waals surface area contributed by atoms with Crippen LogP contribution in [0.1, 0.15) is 37.0 Å². The lowest BCUT2D eigenvalue weighted by Gasteiger charge is -2.30. The van der Waals surface area contributed by atoms with Gasteiger partial charge in [0.25, 0.3) is 0 Å². The first-order valence-corrected chi connectivity index (χ1v) is 7.08. The van der Waals surface area contributed by atoms with Crippen molar-refractivity contribution < 1.29 is 0 Å². The highest BCUT2D eigenvalue weighted by Crippen LogP contribution is 2.46. The standard InChI is InChI=1S/C19H18/c1-19(2)12-11-15-6-3-5-13-9-10-14-7-4-8-16(19)18(14)17(13)15/h3-5,7-13H,6H2,1-2H3. The molecule has 0 heterocycles. The highest BCUT2D eigenvalue weighted by atomic mass is 14.4. The number of rotatable bonds is 0. The lowest BCUT2D eigenvalue weighted by molar-refractivity contribution is 0.668. The fraction of sp³-hybridized carbons (Fsp3) is 0.263. The molecule has 1 aromatic carbocycles. The van der Waals surface area contributed by atoms with Gasteiger partial charge in [-0.2, -0.15) is 0 Å². The third kappa shape index (κ3) is 1.46. The van der Waals surface area contributed by atoms with Crippen LogP contribution in [0.3, 0.4) is 0 Å². The van der Waals surface area contributed by atoms with E-state index >= 15 is 0 Å². The van der Waals surface area contributed by atoms with E-state index in [1.807, 2.05) is 0 Å². The molecule has 0 aromatic heterocycles. The van der Waals surface area contributed by atoms with Crippen molar-refractivity contribution in [2.24, 2.45) is 5.92 Å². The van der Waals surface area contributed by atoms with Crippen molar-refractivity contribution in [3.05, 3.63) is 70.8 Å². The molecule has 3 aliphatic carbocycles. The number of allylic oxidation sites excluding steroid dienone is 7. The largest absolute Gasteiger partial charge is 0.0832 e. The summed E-state index contributed by atoms with van der Waals surface area (Å²) in [6.45, 7) is 4.64. The lowest BCUT2D eigenvalue weighted by Crippen LogP contribution is -2.18. The SMILES string of the molecule is CC1(C)C=CC2=C3c4c(cccc41)C=CC3C=CC2. The second kappa shape index (κ2) is 3.60. The molecule has 0 nitrogen and oxygen atoms in total. The fourth-order valence-electron chi connectivity index (χ4n) is 3.56. The zero-order valence-corrected chi connectivity index (χ0v) is 11.5. The molecule has 0 spiro atoms. The first-order chi connectivity index (χ1) is 9.17. The molecule has 1 unspecified atom stereocenters. The molecule has 0 fully saturated rings. The van der Waals surface area contributed by atoms with Crippen LogP contribution in [0.25, 0.3) is 11.6 Å². The van der Waals surface area contributed by atoms with E-state index in [1.165, 1.54) is 27.8 Å². The van der Waals surface area contributed by atoms with Crippen LogP contribution in [0.4, 0.5) is 0 Å². The van der Waals surface area contributed by atoms with Gasteiger partial charge in [-0.1, -0.05) is 68.5 Å². The zero-order valence-electron chi connectivity index (χ0n) is 11.5. The maximum atomic E-state index is 2.37. The predicted molar refractivity (Wildman–Crippen MR) is 81.8 cm³/mol. The Morgan fingerprint density at radius 1 is 1.11 bits per heavy atom. The van der Waals surface area contributed by atoms with Crippen molar-refractivity contribution in [3.63, 3.8) is 0 Å². The third-order valence-electron chi connectivity index (χ3n) is 4.60. The van der Waals surface area contributed by atoms with Gasteiger partial charge in [0.05, 0.1) is 0 Å². The van der Waals surface area contributed by atoms with Crippen molar-refractivity contribution in [3.8, 4) is 0 Å². The Morgan fingerprint density at radius 3 is 2.89 bits per heavy atom. The van der Waals surface area contributed by atoms with E-state index in [9.17, 15) is 0 Å². The highest BCUT2D eigenvalue weighted by Gasteiger charge is 2.31. The molecule has 0 amide bonds. The molecule has 1 aromatic rings. The van der Waals surface area contributed by atoms with Crippen molar-refractivity contribution >= 4 is 11.6 Å². The Kier molecular flexibility index (Phi) is 2.09. The van der Waals surface area contributed by atoms with Gasteiger partial charge in [-0.3, -0.25) is 0 Å². The van der Waals surface area contributed by atoms with Crippen LogP contribution in [-0.4, -0.2) is 0 Å². The monoisotopic (exact) mass is 246 g/mol. The van der Waals surface area contributed by atoms with E-state index in [1.54, 1.807) is 0 Å². The lowest BCUT2D eigenvalue weighted by atomic mass is 9.73. The van der Waals surface area contributed by atoms with Gasteiger partial charge in [0.15, 0.2) is 0 Å². The smallest absolute Gasteiger partial charge is 0.0211 e. The summed E-state index contributed by atoms with van der Waals surface area (Å²) in [5.41, 5.74) is 7.49. The Morgan fingerprint density at radius 2 is 2.00 bits per heavy atom. The van der Waals surface area contributed by atoms with Gasteiger partial charge < -0.3 is 0 Å². The summed E-state index contributed by atoms with van der Waals surface area (Å²) >= 11 is 0. The second-order valence-electron chi connectivity index (χ2n) is 6.28. The topological polar surface area (TPSA) is 0 Å². The van der Waals surface area contributed by atoms with Crippen LogP contribution in [0.2, 0.25) is 0 Å². The van der Waals surface area contributed by atoms with Crippen LogP contribution in [0, 0.1) is 5.92 Å². The summed E-state index contributed by atoms with van der Waals surface area (Å²) in [7, 11) is 0.